The Balaban J connectivity index is 2.73. The lowest BCUT2D eigenvalue weighted by molar-refractivity contribution is -0.119. The standard InChI is InChI=1S/C9H11ClN4O2/c1-12-8(15)4-14-9(16)5-2-7(11)13-3-6(5)10/h2-3H,4H2,1H3,(H2,11,13)(H,12,15)(H,14,16). The Morgan fingerprint density at radius 1 is 1.56 bits per heavy atom. The van der Waals surface area contributed by atoms with E-state index in [4.69, 9.17) is 17.3 Å². The number of amides is 2. The van der Waals surface area contributed by atoms with Gasteiger partial charge < -0.3 is 16.4 Å². The van der Waals surface area contributed by atoms with Crippen molar-refractivity contribution < 1.29 is 9.59 Å². The molecule has 0 fully saturated rings. The normalized spacial score (nSPS) is 9.62. The lowest BCUT2D eigenvalue weighted by atomic mass is 10.2. The van der Waals surface area contributed by atoms with Gasteiger partial charge in [-0.1, -0.05) is 11.6 Å². The first-order chi connectivity index (χ1) is 7.54. The number of anilines is 1. The van der Waals surface area contributed by atoms with Crippen LogP contribution in [0.3, 0.4) is 0 Å². The average molecular weight is 243 g/mol. The Labute approximate surface area is 97.2 Å². The van der Waals surface area contributed by atoms with Crippen LogP contribution in [0.25, 0.3) is 0 Å². The molecule has 0 bridgehead atoms. The number of nitrogens with one attached hydrogen (secondary N) is 2. The van der Waals surface area contributed by atoms with E-state index < -0.39 is 5.91 Å². The molecule has 1 heterocycles. The van der Waals surface area contributed by atoms with Crippen LogP contribution in [-0.2, 0) is 4.79 Å². The molecule has 1 aromatic rings. The number of nitrogens with zero attached hydrogens (tertiary/aromatic N) is 1. The highest BCUT2D eigenvalue weighted by atomic mass is 35.5. The Bertz CT molecular complexity index is 422. The average Bonchev–Trinajstić information content (AvgIpc) is 2.28. The molecule has 16 heavy (non-hydrogen) atoms. The van der Waals surface area contributed by atoms with Gasteiger partial charge in [0.25, 0.3) is 5.91 Å². The summed E-state index contributed by atoms with van der Waals surface area (Å²) in [5.74, 6) is -0.580. The summed E-state index contributed by atoms with van der Waals surface area (Å²) in [7, 11) is 1.48. The van der Waals surface area contributed by atoms with Crippen LogP contribution in [-0.4, -0.2) is 30.4 Å². The molecule has 0 radical (unpaired) electrons. The number of halogens is 1. The highest BCUT2D eigenvalue weighted by Gasteiger charge is 2.11. The van der Waals surface area contributed by atoms with Crippen molar-refractivity contribution in [2.75, 3.05) is 19.3 Å². The summed E-state index contributed by atoms with van der Waals surface area (Å²) in [6, 6.07) is 1.35. The molecular weight excluding hydrogens is 232 g/mol. The van der Waals surface area contributed by atoms with Gasteiger partial charge in [-0.05, 0) is 6.07 Å². The van der Waals surface area contributed by atoms with Crippen LogP contribution in [0.5, 0.6) is 0 Å². The number of nitrogens with two attached hydrogens (primary N) is 1. The molecule has 0 atom stereocenters. The SMILES string of the molecule is CNC(=O)CNC(=O)c1cc(N)ncc1Cl. The largest absolute Gasteiger partial charge is 0.384 e. The van der Waals surface area contributed by atoms with Crippen molar-refractivity contribution in [2.24, 2.45) is 0 Å². The molecule has 0 unspecified atom stereocenters. The maximum absolute atomic E-state index is 11.6. The molecule has 2 amide bonds. The van der Waals surface area contributed by atoms with Gasteiger partial charge in [0, 0.05) is 13.2 Å². The number of carbonyl (C=O) groups is 2. The van der Waals surface area contributed by atoms with Gasteiger partial charge in [-0.25, -0.2) is 4.98 Å². The van der Waals surface area contributed by atoms with Crippen molar-refractivity contribution in [3.05, 3.63) is 22.8 Å². The molecule has 7 heteroatoms. The quantitative estimate of drug-likeness (QED) is 0.683. The van der Waals surface area contributed by atoms with Crippen molar-refractivity contribution in [1.29, 1.82) is 0 Å². The second-order valence-electron chi connectivity index (χ2n) is 2.94. The minimum atomic E-state index is -0.470. The minimum absolute atomic E-state index is 0.117. The van der Waals surface area contributed by atoms with E-state index in [0.29, 0.717) is 0 Å². The summed E-state index contributed by atoms with van der Waals surface area (Å²) in [6.07, 6.45) is 1.28. The van der Waals surface area contributed by atoms with E-state index >= 15 is 0 Å². The monoisotopic (exact) mass is 242 g/mol. The van der Waals surface area contributed by atoms with Gasteiger partial charge in [-0.2, -0.15) is 0 Å². The molecule has 0 aliphatic carbocycles. The molecule has 1 rings (SSSR count). The molecule has 1 aromatic heterocycles. The predicted molar refractivity (Wildman–Crippen MR) is 60.1 cm³/mol. The van der Waals surface area contributed by atoms with Gasteiger partial charge in [0.2, 0.25) is 5.91 Å². The molecule has 0 saturated carbocycles. The van der Waals surface area contributed by atoms with Crippen molar-refractivity contribution in [3.63, 3.8) is 0 Å². The summed E-state index contributed by atoms with van der Waals surface area (Å²) < 4.78 is 0. The highest BCUT2D eigenvalue weighted by Crippen LogP contribution is 2.15. The van der Waals surface area contributed by atoms with Crippen molar-refractivity contribution in [1.82, 2.24) is 15.6 Å². The van der Waals surface area contributed by atoms with E-state index in [9.17, 15) is 9.59 Å². The van der Waals surface area contributed by atoms with Crippen molar-refractivity contribution in [2.45, 2.75) is 0 Å². The van der Waals surface area contributed by atoms with Crippen LogP contribution in [0.4, 0.5) is 5.82 Å². The van der Waals surface area contributed by atoms with Crippen LogP contribution < -0.4 is 16.4 Å². The number of aromatic nitrogens is 1. The topological polar surface area (TPSA) is 97.1 Å². The van der Waals surface area contributed by atoms with Crippen LogP contribution in [0.15, 0.2) is 12.3 Å². The van der Waals surface area contributed by atoms with Crippen molar-refractivity contribution >= 4 is 29.2 Å². The maximum Gasteiger partial charge on any atom is 0.253 e. The second-order valence-corrected chi connectivity index (χ2v) is 3.35. The summed E-state index contributed by atoms with van der Waals surface area (Å²) >= 11 is 5.76. The fourth-order valence-electron chi connectivity index (χ4n) is 0.973. The molecule has 4 N–H and O–H groups in total. The number of pyridine rings is 1. The summed E-state index contributed by atoms with van der Waals surface area (Å²) in [4.78, 5) is 26.2. The van der Waals surface area contributed by atoms with Crippen molar-refractivity contribution in [3.8, 4) is 0 Å². The lowest BCUT2D eigenvalue weighted by Crippen LogP contribution is -2.35. The number of nitrogen functional groups attached to an aromatic ring is 1. The van der Waals surface area contributed by atoms with E-state index in [1.54, 1.807) is 0 Å². The van der Waals surface area contributed by atoms with Crippen LogP contribution >= 0.6 is 11.6 Å². The van der Waals surface area contributed by atoms with Gasteiger partial charge in [0.1, 0.15) is 5.82 Å². The third-order valence-electron chi connectivity index (χ3n) is 1.81. The number of carbonyl (C=O) groups excluding carboxylic acids is 2. The molecule has 6 nitrogen and oxygen atoms in total. The maximum atomic E-state index is 11.6. The zero-order valence-corrected chi connectivity index (χ0v) is 9.34. The summed E-state index contributed by atoms with van der Waals surface area (Å²) in [5, 5.41) is 4.96. The minimum Gasteiger partial charge on any atom is -0.384 e. The molecular formula is C9H11ClN4O2. The smallest absolute Gasteiger partial charge is 0.253 e. The number of hydrogen-bond donors (Lipinski definition) is 3. The molecule has 86 valence electrons. The van der Waals surface area contributed by atoms with Gasteiger partial charge in [0.15, 0.2) is 0 Å². The summed E-state index contributed by atoms with van der Waals surface area (Å²) in [6.45, 7) is -0.117. The first-order valence-electron chi connectivity index (χ1n) is 4.44. The molecule has 0 spiro atoms. The molecule has 0 aromatic carbocycles. The van der Waals surface area contributed by atoms with Gasteiger partial charge >= 0.3 is 0 Å². The third kappa shape index (κ3) is 3.09. The van der Waals surface area contributed by atoms with Gasteiger partial charge in [-0.3, -0.25) is 9.59 Å². The van der Waals surface area contributed by atoms with E-state index in [0.717, 1.165) is 0 Å². The Hall–Kier alpha value is -1.82. The zero-order valence-electron chi connectivity index (χ0n) is 8.58. The van der Waals surface area contributed by atoms with E-state index in [1.807, 2.05) is 0 Å². The number of rotatable bonds is 3. The Kier molecular flexibility index (Phi) is 4.07. The van der Waals surface area contributed by atoms with E-state index in [2.05, 4.69) is 15.6 Å². The highest BCUT2D eigenvalue weighted by molar-refractivity contribution is 6.33. The predicted octanol–water partition coefficient (Wildman–Crippen LogP) is -0.207. The number of likely N-dealkylation sites (N-methyl/N-ethyl adjacent to an activating group) is 1. The fourth-order valence-corrected chi connectivity index (χ4v) is 1.16. The number of hydrogen-bond acceptors (Lipinski definition) is 4. The molecule has 0 aliphatic rings. The second kappa shape index (κ2) is 5.32. The molecule has 0 saturated heterocycles. The van der Waals surface area contributed by atoms with E-state index in [1.165, 1.54) is 19.3 Å². The Morgan fingerprint density at radius 3 is 2.88 bits per heavy atom. The summed E-state index contributed by atoms with van der Waals surface area (Å²) in [5.41, 5.74) is 5.61. The molecule has 0 aliphatic heterocycles. The van der Waals surface area contributed by atoms with E-state index in [-0.39, 0.29) is 28.9 Å². The Morgan fingerprint density at radius 2 is 2.25 bits per heavy atom. The fraction of sp³-hybridized carbons (Fsp3) is 0.222. The lowest BCUT2D eigenvalue weighted by Gasteiger charge is -2.06. The van der Waals surface area contributed by atoms with Gasteiger partial charge in [0.05, 0.1) is 17.1 Å². The van der Waals surface area contributed by atoms with Crippen LogP contribution in [0, 0.1) is 0 Å². The first kappa shape index (κ1) is 12.3. The van der Waals surface area contributed by atoms with Crippen LogP contribution in [0.1, 0.15) is 10.4 Å². The zero-order chi connectivity index (χ0) is 12.1. The third-order valence-corrected chi connectivity index (χ3v) is 2.11. The van der Waals surface area contributed by atoms with Crippen LogP contribution in [0.2, 0.25) is 5.02 Å². The van der Waals surface area contributed by atoms with Gasteiger partial charge in [-0.15, -0.1) is 0 Å². The first-order valence-corrected chi connectivity index (χ1v) is 4.82.